The van der Waals surface area contributed by atoms with E-state index in [0.29, 0.717) is 10.6 Å². The molecule has 0 saturated carbocycles. The van der Waals surface area contributed by atoms with Crippen molar-refractivity contribution in [2.24, 2.45) is 0 Å². The summed E-state index contributed by atoms with van der Waals surface area (Å²) in [5.74, 6) is -0.354. The maximum atomic E-state index is 11.8. The number of carbonyl (C=O) groups is 1. The number of rotatable bonds is 4. The van der Waals surface area contributed by atoms with Gasteiger partial charge in [-0.3, -0.25) is 4.79 Å². The molecule has 4 nitrogen and oxygen atoms in total. The number of amides is 1. The molecule has 0 radical (unpaired) electrons. The minimum absolute atomic E-state index is 0.304. The van der Waals surface area contributed by atoms with E-state index in [9.17, 15) is 4.79 Å². The summed E-state index contributed by atoms with van der Waals surface area (Å²) in [6, 6.07) is 4.34. The number of aryl methyl sites for hydroxylation is 1. The van der Waals surface area contributed by atoms with Gasteiger partial charge in [-0.1, -0.05) is 17.7 Å². The van der Waals surface area contributed by atoms with Crippen LogP contribution in [0.4, 0.5) is 0 Å². The Hall–Kier alpha value is -1.10. The molecule has 0 bridgehead atoms. The zero-order chi connectivity index (χ0) is 12.1. The van der Waals surface area contributed by atoms with E-state index in [1.807, 2.05) is 0 Å². The standard InChI is InChI=1S/C11H14ClNO3/c1-7-2-3-8(12)4-10(7)11(16)13-9(5-14)6-15/h2-4,9,14-15H,5-6H2,1H3,(H,13,16). The Kier molecular flexibility index (Phi) is 4.73. The molecule has 1 aromatic carbocycles. The normalized spacial score (nSPS) is 10.6. The van der Waals surface area contributed by atoms with Crippen LogP contribution in [0.3, 0.4) is 0 Å². The number of aliphatic hydroxyl groups excluding tert-OH is 2. The number of halogens is 1. The summed E-state index contributed by atoms with van der Waals surface area (Å²) in [5, 5.41) is 20.7. The average Bonchev–Trinajstić information content (AvgIpc) is 2.28. The second-order valence-electron chi connectivity index (χ2n) is 3.49. The van der Waals surface area contributed by atoms with Crippen LogP contribution in [0.15, 0.2) is 18.2 Å². The topological polar surface area (TPSA) is 69.6 Å². The van der Waals surface area contributed by atoms with Gasteiger partial charge in [-0.2, -0.15) is 0 Å². The van der Waals surface area contributed by atoms with Gasteiger partial charge in [-0.05, 0) is 24.6 Å². The smallest absolute Gasteiger partial charge is 0.251 e. The first-order chi connectivity index (χ1) is 7.58. The van der Waals surface area contributed by atoms with Crippen LogP contribution >= 0.6 is 11.6 Å². The Labute approximate surface area is 98.9 Å². The molecule has 1 amide bonds. The zero-order valence-electron chi connectivity index (χ0n) is 8.90. The van der Waals surface area contributed by atoms with Gasteiger partial charge < -0.3 is 15.5 Å². The van der Waals surface area contributed by atoms with E-state index in [4.69, 9.17) is 21.8 Å². The lowest BCUT2D eigenvalue weighted by Gasteiger charge is -2.14. The van der Waals surface area contributed by atoms with Gasteiger partial charge in [0.2, 0.25) is 0 Å². The van der Waals surface area contributed by atoms with E-state index in [0.717, 1.165) is 5.56 Å². The molecule has 0 spiro atoms. The lowest BCUT2D eigenvalue weighted by atomic mass is 10.1. The monoisotopic (exact) mass is 243 g/mol. The molecular formula is C11H14ClNO3. The molecule has 0 aliphatic carbocycles. The van der Waals surface area contributed by atoms with E-state index < -0.39 is 6.04 Å². The van der Waals surface area contributed by atoms with Crippen LogP contribution in [0.25, 0.3) is 0 Å². The quantitative estimate of drug-likeness (QED) is 0.730. The average molecular weight is 244 g/mol. The van der Waals surface area contributed by atoms with Crippen molar-refractivity contribution >= 4 is 17.5 Å². The summed E-state index contributed by atoms with van der Waals surface area (Å²) in [4.78, 5) is 11.8. The second kappa shape index (κ2) is 5.84. The van der Waals surface area contributed by atoms with Crippen molar-refractivity contribution in [3.8, 4) is 0 Å². The molecule has 0 unspecified atom stereocenters. The van der Waals surface area contributed by atoms with Crippen LogP contribution in [0.2, 0.25) is 5.02 Å². The van der Waals surface area contributed by atoms with Crippen molar-refractivity contribution in [3.63, 3.8) is 0 Å². The summed E-state index contributed by atoms with van der Waals surface area (Å²) >= 11 is 5.79. The minimum atomic E-state index is -0.647. The maximum absolute atomic E-state index is 11.8. The van der Waals surface area contributed by atoms with E-state index in [2.05, 4.69) is 5.32 Å². The summed E-state index contributed by atoms with van der Waals surface area (Å²) in [7, 11) is 0. The van der Waals surface area contributed by atoms with Gasteiger partial charge in [-0.25, -0.2) is 0 Å². The molecule has 0 heterocycles. The van der Waals surface area contributed by atoms with Crippen molar-refractivity contribution in [1.82, 2.24) is 5.32 Å². The molecule has 0 saturated heterocycles. The van der Waals surface area contributed by atoms with E-state index in [1.54, 1.807) is 25.1 Å². The third kappa shape index (κ3) is 3.20. The van der Waals surface area contributed by atoms with Crippen LogP contribution < -0.4 is 5.32 Å². The molecule has 1 aromatic rings. The highest BCUT2D eigenvalue weighted by atomic mass is 35.5. The molecule has 0 aliphatic heterocycles. The third-order valence-electron chi connectivity index (χ3n) is 2.22. The van der Waals surface area contributed by atoms with E-state index >= 15 is 0 Å². The lowest BCUT2D eigenvalue weighted by molar-refractivity contribution is 0.0879. The largest absolute Gasteiger partial charge is 0.394 e. The number of hydrogen-bond donors (Lipinski definition) is 3. The fourth-order valence-electron chi connectivity index (χ4n) is 1.25. The molecule has 88 valence electrons. The first-order valence-corrected chi connectivity index (χ1v) is 5.25. The van der Waals surface area contributed by atoms with Gasteiger partial charge in [0.25, 0.3) is 5.91 Å². The Morgan fingerprint density at radius 1 is 1.44 bits per heavy atom. The SMILES string of the molecule is Cc1ccc(Cl)cc1C(=O)NC(CO)CO. The zero-order valence-corrected chi connectivity index (χ0v) is 9.66. The first kappa shape index (κ1) is 13.0. The van der Waals surface area contributed by atoms with Crippen LogP contribution in [-0.2, 0) is 0 Å². The van der Waals surface area contributed by atoms with Gasteiger partial charge in [0.05, 0.1) is 19.3 Å². The van der Waals surface area contributed by atoms with Gasteiger partial charge in [0, 0.05) is 10.6 Å². The summed E-state index contributed by atoms with van der Waals surface area (Å²) < 4.78 is 0. The second-order valence-corrected chi connectivity index (χ2v) is 3.93. The van der Waals surface area contributed by atoms with Crippen LogP contribution in [0.5, 0.6) is 0 Å². The van der Waals surface area contributed by atoms with Crippen LogP contribution in [-0.4, -0.2) is 35.4 Å². The first-order valence-electron chi connectivity index (χ1n) is 4.87. The van der Waals surface area contributed by atoms with Gasteiger partial charge in [0.15, 0.2) is 0 Å². The summed E-state index contributed by atoms with van der Waals surface area (Å²) in [6.45, 7) is 1.18. The number of benzene rings is 1. The summed E-state index contributed by atoms with van der Waals surface area (Å²) in [5.41, 5.74) is 1.23. The number of aliphatic hydroxyl groups is 2. The molecular weight excluding hydrogens is 230 g/mol. The van der Waals surface area contributed by atoms with E-state index in [1.165, 1.54) is 0 Å². The highest BCUT2D eigenvalue weighted by Gasteiger charge is 2.14. The van der Waals surface area contributed by atoms with Gasteiger partial charge in [-0.15, -0.1) is 0 Å². The lowest BCUT2D eigenvalue weighted by Crippen LogP contribution is -2.40. The van der Waals surface area contributed by atoms with Crippen molar-refractivity contribution in [2.75, 3.05) is 13.2 Å². The maximum Gasteiger partial charge on any atom is 0.251 e. The van der Waals surface area contributed by atoms with Crippen LogP contribution in [0, 0.1) is 6.92 Å². The Morgan fingerprint density at radius 3 is 2.62 bits per heavy atom. The number of carbonyl (C=O) groups excluding carboxylic acids is 1. The van der Waals surface area contributed by atoms with E-state index in [-0.39, 0.29) is 19.1 Å². The summed E-state index contributed by atoms with van der Waals surface area (Å²) in [6.07, 6.45) is 0. The third-order valence-corrected chi connectivity index (χ3v) is 2.46. The Balaban J connectivity index is 2.83. The molecule has 16 heavy (non-hydrogen) atoms. The fourth-order valence-corrected chi connectivity index (χ4v) is 1.42. The van der Waals surface area contributed by atoms with Crippen molar-refractivity contribution in [3.05, 3.63) is 34.3 Å². The van der Waals surface area contributed by atoms with Crippen LogP contribution in [0.1, 0.15) is 15.9 Å². The fraction of sp³-hybridized carbons (Fsp3) is 0.364. The predicted molar refractivity (Wildman–Crippen MR) is 61.6 cm³/mol. The van der Waals surface area contributed by atoms with Crippen molar-refractivity contribution in [1.29, 1.82) is 0 Å². The Morgan fingerprint density at radius 2 is 2.06 bits per heavy atom. The molecule has 0 aliphatic rings. The molecule has 5 heteroatoms. The van der Waals surface area contributed by atoms with Crippen molar-refractivity contribution < 1.29 is 15.0 Å². The predicted octanol–water partition coefficient (Wildman–Crippen LogP) is 0.731. The van der Waals surface area contributed by atoms with Crippen molar-refractivity contribution in [2.45, 2.75) is 13.0 Å². The molecule has 0 aromatic heterocycles. The number of hydrogen-bond acceptors (Lipinski definition) is 3. The molecule has 3 N–H and O–H groups in total. The highest BCUT2D eigenvalue weighted by molar-refractivity contribution is 6.31. The minimum Gasteiger partial charge on any atom is -0.394 e. The number of nitrogens with one attached hydrogen (secondary N) is 1. The Bertz CT molecular complexity index is 377. The van der Waals surface area contributed by atoms with Gasteiger partial charge in [0.1, 0.15) is 0 Å². The van der Waals surface area contributed by atoms with Gasteiger partial charge >= 0.3 is 0 Å². The highest BCUT2D eigenvalue weighted by Crippen LogP contribution is 2.15. The molecule has 1 rings (SSSR count). The molecule has 0 atom stereocenters. The molecule has 0 fully saturated rings.